The predicted molar refractivity (Wildman–Crippen MR) is 138 cm³/mol. The molecule has 0 aliphatic carbocycles. The molecule has 2 aromatic carbocycles. The van der Waals surface area contributed by atoms with Crippen LogP contribution in [0.15, 0.2) is 54.6 Å². The number of anilines is 2. The Morgan fingerprint density at radius 3 is 2.50 bits per heavy atom. The summed E-state index contributed by atoms with van der Waals surface area (Å²) in [6, 6.07) is 16.0. The van der Waals surface area contributed by atoms with Crippen LogP contribution in [0.25, 0.3) is 10.9 Å². The molecule has 3 amide bonds. The first kappa shape index (κ1) is 25.0. The van der Waals surface area contributed by atoms with Crippen molar-refractivity contribution in [3.05, 3.63) is 60.3 Å². The second-order valence-corrected chi connectivity index (χ2v) is 8.67. The number of ether oxygens (including phenoxy) is 1. The Balaban J connectivity index is 1.87. The van der Waals surface area contributed by atoms with Crippen LogP contribution in [0.5, 0.6) is 5.75 Å². The second kappa shape index (κ2) is 12.6. The zero-order valence-corrected chi connectivity index (χ0v) is 20.2. The number of hydrogen-bond donors (Lipinski definition) is 3. The molecule has 180 valence electrons. The second-order valence-electron chi connectivity index (χ2n) is 8.67. The number of hydrogen-bond acceptors (Lipinski definition) is 4. The number of nitrogens with zero attached hydrogens (tertiary/aromatic N) is 1. The van der Waals surface area contributed by atoms with Gasteiger partial charge >= 0.3 is 6.03 Å². The highest BCUT2D eigenvalue weighted by Gasteiger charge is 2.16. The molecule has 1 heterocycles. The lowest BCUT2D eigenvalue weighted by Gasteiger charge is -2.15. The van der Waals surface area contributed by atoms with Gasteiger partial charge in [0.05, 0.1) is 17.8 Å². The molecule has 0 aliphatic heterocycles. The van der Waals surface area contributed by atoms with Gasteiger partial charge in [-0.25, -0.2) is 9.78 Å². The van der Waals surface area contributed by atoms with Crippen LogP contribution >= 0.6 is 0 Å². The van der Waals surface area contributed by atoms with Gasteiger partial charge in [-0.05, 0) is 36.6 Å². The van der Waals surface area contributed by atoms with Crippen molar-refractivity contribution in [3.8, 4) is 5.75 Å². The third-order valence-corrected chi connectivity index (χ3v) is 5.20. The van der Waals surface area contributed by atoms with Gasteiger partial charge in [0.15, 0.2) is 0 Å². The van der Waals surface area contributed by atoms with Gasteiger partial charge in [0.25, 0.3) is 5.91 Å². The number of aromatic nitrogens is 1. The number of rotatable bonds is 11. The molecule has 7 heteroatoms. The number of benzene rings is 2. The molecule has 0 aliphatic rings. The molecule has 1 aromatic heterocycles. The SMILES string of the molecule is CCCCCCNC(=O)c1cc(OCC(C)C)c2cccc(NC(=O)Nc3ccccc3)c2n1. The molecule has 34 heavy (non-hydrogen) atoms. The fourth-order valence-corrected chi connectivity index (χ4v) is 3.46. The van der Waals surface area contributed by atoms with Crippen LogP contribution in [0, 0.1) is 5.92 Å². The first-order chi connectivity index (χ1) is 16.5. The van der Waals surface area contributed by atoms with Crippen molar-refractivity contribution < 1.29 is 14.3 Å². The van der Waals surface area contributed by atoms with E-state index in [4.69, 9.17) is 4.74 Å². The molecule has 0 radical (unpaired) electrons. The van der Waals surface area contributed by atoms with Crippen LogP contribution < -0.4 is 20.7 Å². The van der Waals surface area contributed by atoms with E-state index >= 15 is 0 Å². The summed E-state index contributed by atoms with van der Waals surface area (Å²) in [5.74, 6) is 0.635. The van der Waals surface area contributed by atoms with Crippen LogP contribution in [0.4, 0.5) is 16.2 Å². The van der Waals surface area contributed by atoms with Crippen molar-refractivity contribution in [2.75, 3.05) is 23.8 Å². The lowest BCUT2D eigenvalue weighted by Crippen LogP contribution is -2.25. The lowest BCUT2D eigenvalue weighted by atomic mass is 10.1. The third-order valence-electron chi connectivity index (χ3n) is 5.20. The third kappa shape index (κ3) is 7.20. The summed E-state index contributed by atoms with van der Waals surface area (Å²) in [6.07, 6.45) is 4.30. The van der Waals surface area contributed by atoms with E-state index in [0.717, 1.165) is 31.1 Å². The first-order valence-electron chi connectivity index (χ1n) is 12.0. The van der Waals surface area contributed by atoms with Gasteiger partial charge in [0.2, 0.25) is 0 Å². The molecule has 0 atom stereocenters. The molecule has 0 unspecified atom stereocenters. The van der Waals surface area contributed by atoms with E-state index in [2.05, 4.69) is 41.7 Å². The van der Waals surface area contributed by atoms with Crippen molar-refractivity contribution in [1.29, 1.82) is 0 Å². The summed E-state index contributed by atoms with van der Waals surface area (Å²) < 4.78 is 6.04. The Labute approximate surface area is 201 Å². The van der Waals surface area contributed by atoms with E-state index in [9.17, 15) is 9.59 Å². The minimum absolute atomic E-state index is 0.253. The number of fused-ring (bicyclic) bond motifs is 1. The van der Waals surface area contributed by atoms with E-state index in [0.29, 0.717) is 41.7 Å². The fourth-order valence-electron chi connectivity index (χ4n) is 3.46. The molecule has 0 fully saturated rings. The van der Waals surface area contributed by atoms with Crippen LogP contribution in [0.1, 0.15) is 56.9 Å². The topological polar surface area (TPSA) is 92.4 Å². The van der Waals surface area contributed by atoms with Crippen molar-refractivity contribution in [2.24, 2.45) is 5.92 Å². The number of nitrogens with one attached hydrogen (secondary N) is 3. The van der Waals surface area contributed by atoms with Gasteiger partial charge in [0, 0.05) is 23.7 Å². The number of para-hydroxylation sites is 2. The normalized spacial score (nSPS) is 10.8. The molecular weight excluding hydrogens is 428 g/mol. The standard InChI is InChI=1S/C27H34N4O3/c1-4-5-6-10-16-28-26(32)23-17-24(34-18-19(2)3)21-14-11-15-22(25(21)30-23)31-27(33)29-20-12-8-7-9-13-20/h7-9,11-15,17,19H,4-6,10,16,18H2,1-3H3,(H,28,32)(H2,29,31,33). The van der Waals surface area contributed by atoms with Crippen LogP contribution in [-0.4, -0.2) is 30.1 Å². The Morgan fingerprint density at radius 1 is 0.971 bits per heavy atom. The van der Waals surface area contributed by atoms with Gasteiger partial charge in [-0.15, -0.1) is 0 Å². The van der Waals surface area contributed by atoms with E-state index in [1.54, 1.807) is 12.1 Å². The molecule has 3 N–H and O–H groups in total. The Bertz CT molecular complexity index is 1100. The molecule has 7 nitrogen and oxygen atoms in total. The highest BCUT2D eigenvalue weighted by Crippen LogP contribution is 2.31. The minimum atomic E-state index is -0.393. The average molecular weight is 463 g/mol. The lowest BCUT2D eigenvalue weighted by molar-refractivity contribution is 0.0948. The van der Waals surface area contributed by atoms with E-state index in [-0.39, 0.29) is 11.6 Å². The quantitative estimate of drug-likeness (QED) is 0.295. The summed E-state index contributed by atoms with van der Waals surface area (Å²) in [6.45, 7) is 7.38. The number of carbonyl (C=O) groups excluding carboxylic acids is 2. The number of urea groups is 1. The molecular formula is C27H34N4O3. The Hall–Kier alpha value is -3.61. The average Bonchev–Trinajstić information content (AvgIpc) is 2.83. The maximum Gasteiger partial charge on any atom is 0.323 e. The highest BCUT2D eigenvalue weighted by atomic mass is 16.5. The van der Waals surface area contributed by atoms with Gasteiger partial charge in [-0.1, -0.05) is 64.3 Å². The first-order valence-corrected chi connectivity index (χ1v) is 12.0. The molecule has 3 rings (SSSR count). The zero-order valence-electron chi connectivity index (χ0n) is 20.2. The summed E-state index contributed by atoms with van der Waals surface area (Å²) in [4.78, 5) is 30.1. The number of amides is 3. The van der Waals surface area contributed by atoms with Gasteiger partial charge in [0.1, 0.15) is 11.4 Å². The zero-order chi connectivity index (χ0) is 24.3. The minimum Gasteiger partial charge on any atom is -0.493 e. The summed E-state index contributed by atoms with van der Waals surface area (Å²) in [5.41, 5.74) is 1.94. The predicted octanol–water partition coefficient (Wildman–Crippen LogP) is 6.22. The molecule has 3 aromatic rings. The summed E-state index contributed by atoms with van der Waals surface area (Å²) in [7, 11) is 0. The van der Waals surface area contributed by atoms with Gasteiger partial charge in [-0.2, -0.15) is 0 Å². The van der Waals surface area contributed by atoms with Crippen LogP contribution in [0.2, 0.25) is 0 Å². The maximum absolute atomic E-state index is 12.9. The molecule has 0 spiro atoms. The monoisotopic (exact) mass is 462 g/mol. The Morgan fingerprint density at radius 2 is 1.76 bits per heavy atom. The van der Waals surface area contributed by atoms with Gasteiger partial charge in [-0.3, -0.25) is 4.79 Å². The highest BCUT2D eigenvalue weighted by molar-refractivity contribution is 6.07. The van der Waals surface area contributed by atoms with Crippen molar-refractivity contribution in [1.82, 2.24) is 10.3 Å². The van der Waals surface area contributed by atoms with Gasteiger partial charge < -0.3 is 20.7 Å². The number of carbonyl (C=O) groups is 2. The fraction of sp³-hybridized carbons (Fsp3) is 0.370. The van der Waals surface area contributed by atoms with Crippen LogP contribution in [0.3, 0.4) is 0 Å². The van der Waals surface area contributed by atoms with E-state index < -0.39 is 6.03 Å². The molecule has 0 saturated heterocycles. The van der Waals surface area contributed by atoms with Crippen molar-refractivity contribution >= 4 is 34.2 Å². The number of unbranched alkanes of at least 4 members (excludes halogenated alkanes) is 3. The van der Waals surface area contributed by atoms with Crippen molar-refractivity contribution in [3.63, 3.8) is 0 Å². The van der Waals surface area contributed by atoms with Crippen molar-refractivity contribution in [2.45, 2.75) is 46.5 Å². The smallest absolute Gasteiger partial charge is 0.323 e. The largest absolute Gasteiger partial charge is 0.493 e. The molecule has 0 bridgehead atoms. The molecule has 0 saturated carbocycles. The Kier molecular flexibility index (Phi) is 9.26. The summed E-state index contributed by atoms with van der Waals surface area (Å²) in [5, 5.41) is 9.35. The summed E-state index contributed by atoms with van der Waals surface area (Å²) >= 11 is 0. The number of pyridine rings is 1. The van der Waals surface area contributed by atoms with E-state index in [1.165, 1.54) is 0 Å². The maximum atomic E-state index is 12.9. The van der Waals surface area contributed by atoms with E-state index in [1.807, 2.05) is 42.5 Å². The van der Waals surface area contributed by atoms with Crippen LogP contribution in [-0.2, 0) is 0 Å².